The van der Waals surface area contributed by atoms with E-state index in [9.17, 15) is 9.59 Å². The highest BCUT2D eigenvalue weighted by molar-refractivity contribution is 6.36. The number of amides is 1. The number of pyridine rings is 1. The van der Waals surface area contributed by atoms with Crippen molar-refractivity contribution in [3.8, 4) is 5.75 Å². The molecule has 0 saturated carbocycles. The standard InChI is InChI=1S/C16H14Cl2N2O4/c1-9(15(21)20-14-13(18)7-11(17)8-19-14)24-16(22)10-3-5-12(23-2)6-4-10/h3-9H,1-2H3,(H,19,20,21)/t9-/m1/s1. The van der Waals surface area contributed by atoms with Gasteiger partial charge in [0.25, 0.3) is 5.91 Å². The fourth-order valence-corrected chi connectivity index (χ4v) is 2.16. The number of methoxy groups -OCH3 is 1. The summed E-state index contributed by atoms with van der Waals surface area (Å²) < 4.78 is 10.1. The molecule has 0 fully saturated rings. The van der Waals surface area contributed by atoms with Gasteiger partial charge in [-0.1, -0.05) is 23.2 Å². The molecule has 8 heteroatoms. The van der Waals surface area contributed by atoms with Crippen LogP contribution < -0.4 is 10.1 Å². The molecule has 1 aromatic heterocycles. The minimum absolute atomic E-state index is 0.137. The molecule has 0 saturated heterocycles. The molecule has 24 heavy (non-hydrogen) atoms. The Morgan fingerprint density at radius 2 is 1.88 bits per heavy atom. The summed E-state index contributed by atoms with van der Waals surface area (Å²) in [6.07, 6.45) is 0.310. The number of ether oxygens (including phenoxy) is 2. The van der Waals surface area contributed by atoms with Gasteiger partial charge >= 0.3 is 5.97 Å². The second-order valence-corrected chi connectivity index (χ2v) is 5.59. The molecule has 1 aromatic carbocycles. The van der Waals surface area contributed by atoms with Crippen LogP contribution in [0, 0.1) is 0 Å². The Morgan fingerprint density at radius 1 is 1.21 bits per heavy atom. The average Bonchev–Trinajstić information content (AvgIpc) is 2.57. The number of benzene rings is 1. The number of aromatic nitrogens is 1. The van der Waals surface area contributed by atoms with Gasteiger partial charge in [-0.15, -0.1) is 0 Å². The van der Waals surface area contributed by atoms with Gasteiger partial charge in [-0.2, -0.15) is 0 Å². The SMILES string of the molecule is COc1ccc(C(=O)O[C@H](C)C(=O)Nc2ncc(Cl)cc2Cl)cc1. The predicted octanol–water partition coefficient (Wildman–Crippen LogP) is 3.58. The van der Waals surface area contributed by atoms with E-state index >= 15 is 0 Å². The molecule has 6 nitrogen and oxygen atoms in total. The molecular formula is C16H14Cl2N2O4. The molecule has 2 aromatic rings. The van der Waals surface area contributed by atoms with Crippen molar-refractivity contribution in [2.75, 3.05) is 12.4 Å². The van der Waals surface area contributed by atoms with Crippen LogP contribution in [0.4, 0.5) is 5.82 Å². The normalized spacial score (nSPS) is 11.5. The predicted molar refractivity (Wildman–Crippen MR) is 90.8 cm³/mol. The van der Waals surface area contributed by atoms with Crippen LogP contribution in [0.15, 0.2) is 36.5 Å². The van der Waals surface area contributed by atoms with Crippen LogP contribution in [0.3, 0.4) is 0 Å². The van der Waals surface area contributed by atoms with Gasteiger partial charge in [0.2, 0.25) is 0 Å². The van der Waals surface area contributed by atoms with Gasteiger partial charge in [0.15, 0.2) is 11.9 Å². The first kappa shape index (κ1) is 18.0. The van der Waals surface area contributed by atoms with Crippen LogP contribution >= 0.6 is 23.2 Å². The number of rotatable bonds is 5. The minimum atomic E-state index is -1.03. The number of nitrogens with one attached hydrogen (secondary N) is 1. The summed E-state index contributed by atoms with van der Waals surface area (Å²) in [4.78, 5) is 28.0. The Bertz CT molecular complexity index is 750. The van der Waals surface area contributed by atoms with E-state index in [1.54, 1.807) is 24.3 Å². The molecular weight excluding hydrogens is 355 g/mol. The Labute approximate surface area is 148 Å². The topological polar surface area (TPSA) is 77.5 Å². The minimum Gasteiger partial charge on any atom is -0.497 e. The van der Waals surface area contributed by atoms with Gasteiger partial charge < -0.3 is 14.8 Å². The van der Waals surface area contributed by atoms with E-state index in [-0.39, 0.29) is 10.8 Å². The highest BCUT2D eigenvalue weighted by atomic mass is 35.5. The van der Waals surface area contributed by atoms with Gasteiger partial charge in [0.05, 0.1) is 22.7 Å². The summed E-state index contributed by atoms with van der Waals surface area (Å²) in [6.45, 7) is 1.45. The van der Waals surface area contributed by atoms with Gasteiger partial charge in [-0.05, 0) is 37.3 Å². The quantitative estimate of drug-likeness (QED) is 0.816. The van der Waals surface area contributed by atoms with Crippen molar-refractivity contribution in [1.82, 2.24) is 4.98 Å². The average molecular weight is 369 g/mol. The zero-order valence-corrected chi connectivity index (χ0v) is 14.4. The summed E-state index contributed by atoms with van der Waals surface area (Å²) in [5, 5.41) is 3.00. The third-order valence-corrected chi connectivity index (χ3v) is 3.52. The lowest BCUT2D eigenvalue weighted by Gasteiger charge is -2.14. The molecule has 1 amide bonds. The number of halogens is 2. The number of carbonyl (C=O) groups excluding carboxylic acids is 2. The summed E-state index contributed by atoms with van der Waals surface area (Å²) >= 11 is 11.7. The molecule has 126 valence electrons. The Kier molecular flexibility index (Phi) is 6.00. The van der Waals surface area contributed by atoms with Crippen molar-refractivity contribution in [2.45, 2.75) is 13.0 Å². The molecule has 0 spiro atoms. The number of hydrogen-bond donors (Lipinski definition) is 1. The molecule has 0 aliphatic heterocycles. The van der Waals surface area contributed by atoms with Gasteiger partial charge in [0, 0.05) is 6.20 Å². The van der Waals surface area contributed by atoms with E-state index in [0.717, 1.165) is 0 Å². The highest BCUT2D eigenvalue weighted by Crippen LogP contribution is 2.22. The first-order chi connectivity index (χ1) is 11.4. The van der Waals surface area contributed by atoms with Gasteiger partial charge in [-0.3, -0.25) is 4.79 Å². The van der Waals surface area contributed by atoms with E-state index in [0.29, 0.717) is 16.3 Å². The number of esters is 1. The Hall–Kier alpha value is -2.31. The van der Waals surface area contributed by atoms with Crippen molar-refractivity contribution in [2.24, 2.45) is 0 Å². The monoisotopic (exact) mass is 368 g/mol. The van der Waals surface area contributed by atoms with E-state index in [1.807, 2.05) is 0 Å². The molecule has 0 aliphatic rings. The smallest absolute Gasteiger partial charge is 0.338 e. The summed E-state index contributed by atoms with van der Waals surface area (Å²) in [5.41, 5.74) is 0.304. The lowest BCUT2D eigenvalue weighted by atomic mass is 10.2. The molecule has 0 aliphatic carbocycles. The Morgan fingerprint density at radius 3 is 2.46 bits per heavy atom. The maximum absolute atomic E-state index is 12.1. The molecule has 1 heterocycles. The lowest BCUT2D eigenvalue weighted by molar-refractivity contribution is -0.123. The second-order valence-electron chi connectivity index (χ2n) is 4.75. The third kappa shape index (κ3) is 4.59. The van der Waals surface area contributed by atoms with Crippen LogP contribution in [0.25, 0.3) is 0 Å². The van der Waals surface area contributed by atoms with Crippen molar-refractivity contribution < 1.29 is 19.1 Å². The van der Waals surface area contributed by atoms with E-state index in [1.165, 1.54) is 26.3 Å². The van der Waals surface area contributed by atoms with Crippen molar-refractivity contribution in [1.29, 1.82) is 0 Å². The largest absolute Gasteiger partial charge is 0.497 e. The van der Waals surface area contributed by atoms with Crippen molar-refractivity contribution in [3.05, 3.63) is 52.1 Å². The van der Waals surface area contributed by atoms with Gasteiger partial charge in [-0.25, -0.2) is 9.78 Å². The third-order valence-electron chi connectivity index (χ3n) is 3.03. The van der Waals surface area contributed by atoms with E-state index < -0.39 is 18.0 Å². The summed E-state index contributed by atoms with van der Waals surface area (Å²) in [5.74, 6) is -0.441. The molecule has 1 atom stereocenters. The zero-order valence-electron chi connectivity index (χ0n) is 12.9. The molecule has 2 rings (SSSR count). The number of nitrogens with zero attached hydrogens (tertiary/aromatic N) is 1. The summed E-state index contributed by atoms with van der Waals surface area (Å²) in [6, 6.07) is 7.78. The molecule has 0 bridgehead atoms. The highest BCUT2D eigenvalue weighted by Gasteiger charge is 2.20. The van der Waals surface area contributed by atoms with Crippen LogP contribution in [0.1, 0.15) is 17.3 Å². The van der Waals surface area contributed by atoms with Crippen LogP contribution in [0.5, 0.6) is 5.75 Å². The number of carbonyl (C=O) groups is 2. The maximum atomic E-state index is 12.1. The van der Waals surface area contributed by atoms with Crippen LogP contribution in [-0.4, -0.2) is 30.1 Å². The van der Waals surface area contributed by atoms with Crippen molar-refractivity contribution in [3.63, 3.8) is 0 Å². The second kappa shape index (κ2) is 7.99. The fourth-order valence-electron chi connectivity index (χ4n) is 1.73. The van der Waals surface area contributed by atoms with Crippen LogP contribution in [-0.2, 0) is 9.53 Å². The lowest BCUT2D eigenvalue weighted by Crippen LogP contribution is -2.30. The van der Waals surface area contributed by atoms with E-state index in [2.05, 4.69) is 10.3 Å². The van der Waals surface area contributed by atoms with Gasteiger partial charge in [0.1, 0.15) is 5.75 Å². The van der Waals surface area contributed by atoms with E-state index in [4.69, 9.17) is 32.7 Å². The molecule has 1 N–H and O–H groups in total. The Balaban J connectivity index is 1.98. The van der Waals surface area contributed by atoms with Crippen LogP contribution in [0.2, 0.25) is 10.0 Å². The summed E-state index contributed by atoms with van der Waals surface area (Å²) in [7, 11) is 1.52. The molecule has 0 radical (unpaired) electrons. The molecule has 0 unspecified atom stereocenters. The van der Waals surface area contributed by atoms with Crippen molar-refractivity contribution >= 4 is 40.9 Å². The fraction of sp³-hybridized carbons (Fsp3) is 0.188. The zero-order chi connectivity index (χ0) is 17.7. The first-order valence-electron chi connectivity index (χ1n) is 6.87. The first-order valence-corrected chi connectivity index (χ1v) is 7.63. The number of anilines is 1. The maximum Gasteiger partial charge on any atom is 0.338 e. The number of hydrogen-bond acceptors (Lipinski definition) is 5.